The van der Waals surface area contributed by atoms with Crippen LogP contribution in [0.3, 0.4) is 0 Å². The first kappa shape index (κ1) is 15.4. The molecule has 0 atom stereocenters. The number of nitrogens with one attached hydrogen (secondary N) is 2. The highest BCUT2D eigenvalue weighted by atomic mass is 16.5. The van der Waals surface area contributed by atoms with Crippen LogP contribution in [0.4, 0.5) is 0 Å². The van der Waals surface area contributed by atoms with Crippen LogP contribution in [0.15, 0.2) is 47.5 Å². The zero-order valence-corrected chi connectivity index (χ0v) is 12.6. The molecule has 3 N–H and O–H groups in total. The molecule has 0 bridgehead atoms. The summed E-state index contributed by atoms with van der Waals surface area (Å²) in [6.45, 7) is 1.19. The molecule has 24 heavy (non-hydrogen) atoms. The third-order valence-corrected chi connectivity index (χ3v) is 3.35. The van der Waals surface area contributed by atoms with Gasteiger partial charge in [-0.1, -0.05) is 18.2 Å². The molecular formula is C17H14N4O3. The maximum absolute atomic E-state index is 12.5. The van der Waals surface area contributed by atoms with Gasteiger partial charge in [0.15, 0.2) is 11.7 Å². The second-order valence-corrected chi connectivity index (χ2v) is 4.97. The smallest absolute Gasteiger partial charge is 0.265 e. The van der Waals surface area contributed by atoms with Gasteiger partial charge >= 0.3 is 0 Å². The Morgan fingerprint density at radius 1 is 1.29 bits per heavy atom. The molecule has 120 valence electrons. The zero-order chi connectivity index (χ0) is 16.9. The van der Waals surface area contributed by atoms with Crippen molar-refractivity contribution in [3.63, 3.8) is 0 Å². The summed E-state index contributed by atoms with van der Waals surface area (Å²) in [6.07, 6.45) is 0. The first-order chi connectivity index (χ1) is 11.7. The summed E-state index contributed by atoms with van der Waals surface area (Å²) in [5.41, 5.74) is 0.0254. The molecule has 1 heterocycles. The third kappa shape index (κ3) is 3.13. The average molecular weight is 322 g/mol. The standard InChI is InChI=1S/C17H14N4O3/c18-10-11-6-7-13(22)14(16(23)21-17-19-8-9-20-17)15(11)24-12-4-2-1-3-5-12/h1-7,22H,8-9H2,(H2,19,20,21,23). The van der Waals surface area contributed by atoms with E-state index in [1.165, 1.54) is 12.1 Å². The molecule has 0 unspecified atom stereocenters. The Kier molecular flexibility index (Phi) is 4.29. The summed E-state index contributed by atoms with van der Waals surface area (Å²) in [6, 6.07) is 13.4. The molecule has 1 amide bonds. The highest BCUT2D eigenvalue weighted by Crippen LogP contribution is 2.34. The fourth-order valence-electron chi connectivity index (χ4n) is 2.24. The Labute approximate surface area is 138 Å². The number of rotatable bonds is 3. The lowest BCUT2D eigenvalue weighted by molar-refractivity contribution is 0.0971. The number of guanidine groups is 1. The van der Waals surface area contributed by atoms with E-state index in [1.54, 1.807) is 24.3 Å². The van der Waals surface area contributed by atoms with E-state index in [9.17, 15) is 15.2 Å². The van der Waals surface area contributed by atoms with Gasteiger partial charge in [0.25, 0.3) is 5.91 Å². The minimum atomic E-state index is -0.608. The number of benzene rings is 2. The van der Waals surface area contributed by atoms with Crippen LogP contribution < -0.4 is 15.4 Å². The van der Waals surface area contributed by atoms with Gasteiger partial charge < -0.3 is 15.2 Å². The molecule has 2 aromatic rings. The molecule has 0 fully saturated rings. The minimum absolute atomic E-state index is 0.000188. The van der Waals surface area contributed by atoms with Crippen molar-refractivity contribution >= 4 is 11.9 Å². The van der Waals surface area contributed by atoms with Crippen molar-refractivity contribution < 1.29 is 14.6 Å². The van der Waals surface area contributed by atoms with Gasteiger partial charge in [0, 0.05) is 6.54 Å². The molecule has 2 aromatic carbocycles. The topological polar surface area (TPSA) is 107 Å². The number of hydrogen-bond donors (Lipinski definition) is 3. The number of phenols is 1. The molecule has 7 heteroatoms. The van der Waals surface area contributed by atoms with E-state index in [0.717, 1.165) is 0 Å². The molecule has 0 spiro atoms. The number of aromatic hydroxyl groups is 1. The van der Waals surface area contributed by atoms with E-state index in [1.807, 2.05) is 12.1 Å². The molecule has 0 aliphatic carbocycles. The quantitative estimate of drug-likeness (QED) is 0.798. The summed E-state index contributed by atoms with van der Waals surface area (Å²) in [4.78, 5) is 16.6. The molecule has 0 saturated carbocycles. The van der Waals surface area contributed by atoms with E-state index in [0.29, 0.717) is 24.8 Å². The number of amides is 1. The summed E-state index contributed by atoms with van der Waals surface area (Å²) in [5, 5.41) is 24.9. The second kappa shape index (κ2) is 6.71. The van der Waals surface area contributed by atoms with Gasteiger partial charge in [0.05, 0.1) is 12.1 Å². The van der Waals surface area contributed by atoms with E-state index in [4.69, 9.17) is 4.74 Å². The van der Waals surface area contributed by atoms with Crippen molar-refractivity contribution in [3.05, 3.63) is 53.6 Å². The van der Waals surface area contributed by atoms with E-state index < -0.39 is 5.91 Å². The molecule has 7 nitrogen and oxygen atoms in total. The van der Waals surface area contributed by atoms with Crippen LogP contribution in [0, 0.1) is 11.3 Å². The average Bonchev–Trinajstić information content (AvgIpc) is 3.09. The van der Waals surface area contributed by atoms with Crippen LogP contribution in [0.1, 0.15) is 15.9 Å². The van der Waals surface area contributed by atoms with Gasteiger partial charge in [-0.25, -0.2) is 0 Å². The predicted molar refractivity (Wildman–Crippen MR) is 87.1 cm³/mol. The molecule has 0 radical (unpaired) electrons. The number of aliphatic imine (C=N–C) groups is 1. The summed E-state index contributed by atoms with van der Waals surface area (Å²) in [5.74, 6) is -0.114. The highest BCUT2D eigenvalue weighted by Gasteiger charge is 2.23. The number of nitriles is 1. The third-order valence-electron chi connectivity index (χ3n) is 3.35. The second-order valence-electron chi connectivity index (χ2n) is 4.97. The number of para-hydroxylation sites is 1. The van der Waals surface area contributed by atoms with Crippen LogP contribution in [-0.4, -0.2) is 30.1 Å². The van der Waals surface area contributed by atoms with E-state index in [-0.39, 0.29) is 22.6 Å². The van der Waals surface area contributed by atoms with Crippen molar-refractivity contribution in [2.75, 3.05) is 13.1 Å². The van der Waals surface area contributed by atoms with Crippen LogP contribution in [0.25, 0.3) is 0 Å². The van der Waals surface area contributed by atoms with Crippen LogP contribution >= 0.6 is 0 Å². The number of carbonyl (C=O) groups is 1. The Hall–Kier alpha value is -3.53. The number of carbonyl (C=O) groups excluding carboxylic acids is 1. The molecule has 3 rings (SSSR count). The number of hydrogen-bond acceptors (Lipinski definition) is 6. The van der Waals surface area contributed by atoms with Crippen LogP contribution in [-0.2, 0) is 0 Å². The number of nitrogens with zero attached hydrogens (tertiary/aromatic N) is 2. The Morgan fingerprint density at radius 2 is 2.08 bits per heavy atom. The summed E-state index contributed by atoms with van der Waals surface area (Å²) < 4.78 is 5.69. The SMILES string of the molecule is N#Cc1ccc(O)c(C(=O)NC2=NCCN2)c1Oc1ccccc1. The van der Waals surface area contributed by atoms with Crippen molar-refractivity contribution in [2.24, 2.45) is 4.99 Å². The number of ether oxygens (including phenoxy) is 1. The molecular weight excluding hydrogens is 308 g/mol. The maximum Gasteiger partial charge on any atom is 0.265 e. The largest absolute Gasteiger partial charge is 0.507 e. The first-order valence-corrected chi connectivity index (χ1v) is 7.27. The Morgan fingerprint density at radius 3 is 2.75 bits per heavy atom. The zero-order valence-electron chi connectivity index (χ0n) is 12.6. The van der Waals surface area contributed by atoms with Crippen LogP contribution in [0.5, 0.6) is 17.2 Å². The van der Waals surface area contributed by atoms with Gasteiger partial charge in [-0.3, -0.25) is 15.1 Å². The van der Waals surface area contributed by atoms with Gasteiger partial charge in [-0.05, 0) is 24.3 Å². The molecule has 0 saturated heterocycles. The van der Waals surface area contributed by atoms with Crippen molar-refractivity contribution in [3.8, 4) is 23.3 Å². The number of phenolic OH excluding ortho intramolecular Hbond substituents is 1. The lowest BCUT2D eigenvalue weighted by atomic mass is 10.1. The predicted octanol–water partition coefficient (Wildman–Crippen LogP) is 1.75. The lowest BCUT2D eigenvalue weighted by Gasteiger charge is -2.14. The Balaban J connectivity index is 2.00. The minimum Gasteiger partial charge on any atom is -0.507 e. The molecule has 0 aromatic heterocycles. The monoisotopic (exact) mass is 322 g/mol. The highest BCUT2D eigenvalue weighted by molar-refractivity contribution is 6.09. The summed E-state index contributed by atoms with van der Waals surface area (Å²) >= 11 is 0. The normalized spacial score (nSPS) is 12.7. The van der Waals surface area contributed by atoms with Gasteiger partial charge in [-0.2, -0.15) is 5.26 Å². The van der Waals surface area contributed by atoms with Gasteiger partial charge in [0.2, 0.25) is 0 Å². The first-order valence-electron chi connectivity index (χ1n) is 7.27. The molecule has 1 aliphatic rings. The van der Waals surface area contributed by atoms with E-state index >= 15 is 0 Å². The van der Waals surface area contributed by atoms with Gasteiger partial charge in [-0.15, -0.1) is 0 Å². The molecule has 1 aliphatic heterocycles. The van der Waals surface area contributed by atoms with Crippen molar-refractivity contribution in [1.29, 1.82) is 5.26 Å². The van der Waals surface area contributed by atoms with Crippen molar-refractivity contribution in [2.45, 2.75) is 0 Å². The Bertz CT molecular complexity index is 841. The fraction of sp³-hybridized carbons (Fsp3) is 0.118. The lowest BCUT2D eigenvalue weighted by Crippen LogP contribution is -2.38. The van der Waals surface area contributed by atoms with Gasteiger partial charge in [0.1, 0.15) is 23.1 Å². The summed E-state index contributed by atoms with van der Waals surface area (Å²) in [7, 11) is 0. The fourth-order valence-corrected chi connectivity index (χ4v) is 2.24. The van der Waals surface area contributed by atoms with Crippen LogP contribution in [0.2, 0.25) is 0 Å². The maximum atomic E-state index is 12.5. The van der Waals surface area contributed by atoms with Crippen molar-refractivity contribution in [1.82, 2.24) is 10.6 Å². The van der Waals surface area contributed by atoms with E-state index in [2.05, 4.69) is 15.6 Å².